The Balaban J connectivity index is 2.32. The van der Waals surface area contributed by atoms with Gasteiger partial charge in [0.1, 0.15) is 11.4 Å². The van der Waals surface area contributed by atoms with Gasteiger partial charge in [-0.15, -0.1) is 10.2 Å². The van der Waals surface area contributed by atoms with Gasteiger partial charge in [-0.2, -0.15) is 0 Å². The molecule has 0 aromatic carbocycles. The Morgan fingerprint density at radius 1 is 1.30 bits per heavy atom. The second-order valence-electron chi connectivity index (χ2n) is 5.29. The molecule has 106 valence electrons. The van der Waals surface area contributed by atoms with Crippen LogP contribution >= 0.6 is 0 Å². The predicted octanol–water partition coefficient (Wildman–Crippen LogP) is 2.61. The number of aromatic nitrogens is 3. The molecule has 0 amide bonds. The lowest BCUT2D eigenvalue weighted by Crippen LogP contribution is -2.11. The van der Waals surface area contributed by atoms with E-state index in [1.807, 2.05) is 20.8 Å². The van der Waals surface area contributed by atoms with Crippen LogP contribution in [0.15, 0.2) is 22.6 Å². The van der Waals surface area contributed by atoms with Crippen molar-refractivity contribution < 1.29 is 13.9 Å². The largest absolute Gasteiger partial charge is 0.461 e. The van der Waals surface area contributed by atoms with Crippen LogP contribution < -0.4 is 0 Å². The molecule has 0 N–H and O–H groups in total. The average molecular weight is 275 g/mol. The standard InChI is InChI=1S/C14H17N3O3/c1-5-19-12(18)10-8-6-7-9(15-10)11-16-17-13(20-11)14(2,3)4/h6-8H,5H2,1-4H3. The molecule has 0 radical (unpaired) electrons. The van der Waals surface area contributed by atoms with Crippen molar-refractivity contribution in [2.75, 3.05) is 6.61 Å². The number of hydrogen-bond donors (Lipinski definition) is 0. The molecule has 0 saturated carbocycles. The van der Waals surface area contributed by atoms with E-state index in [1.165, 1.54) is 0 Å². The molecule has 0 fully saturated rings. The molecule has 0 unspecified atom stereocenters. The molecule has 0 bridgehead atoms. The van der Waals surface area contributed by atoms with Gasteiger partial charge in [0, 0.05) is 5.41 Å². The zero-order valence-corrected chi connectivity index (χ0v) is 12.0. The number of ether oxygens (including phenoxy) is 1. The van der Waals surface area contributed by atoms with Crippen molar-refractivity contribution in [1.82, 2.24) is 15.2 Å². The van der Waals surface area contributed by atoms with Crippen LogP contribution in [0.25, 0.3) is 11.6 Å². The van der Waals surface area contributed by atoms with Crippen LogP contribution in [0.3, 0.4) is 0 Å². The van der Waals surface area contributed by atoms with Gasteiger partial charge in [-0.1, -0.05) is 26.8 Å². The highest BCUT2D eigenvalue weighted by molar-refractivity contribution is 5.87. The summed E-state index contributed by atoms with van der Waals surface area (Å²) in [7, 11) is 0. The molecule has 0 aliphatic rings. The number of rotatable bonds is 3. The lowest BCUT2D eigenvalue weighted by Gasteiger charge is -2.10. The molecule has 2 rings (SSSR count). The van der Waals surface area contributed by atoms with E-state index in [0.717, 1.165) is 0 Å². The van der Waals surface area contributed by atoms with E-state index in [0.29, 0.717) is 24.1 Å². The Labute approximate surface area is 117 Å². The summed E-state index contributed by atoms with van der Waals surface area (Å²) in [6.07, 6.45) is 0. The van der Waals surface area contributed by atoms with Gasteiger partial charge in [0.2, 0.25) is 5.89 Å². The van der Waals surface area contributed by atoms with Gasteiger partial charge in [0.25, 0.3) is 5.89 Å². The van der Waals surface area contributed by atoms with Crippen molar-refractivity contribution in [3.63, 3.8) is 0 Å². The van der Waals surface area contributed by atoms with Crippen molar-refractivity contribution in [3.05, 3.63) is 29.8 Å². The van der Waals surface area contributed by atoms with Gasteiger partial charge >= 0.3 is 5.97 Å². The van der Waals surface area contributed by atoms with Crippen LogP contribution in [0.2, 0.25) is 0 Å². The maximum absolute atomic E-state index is 11.6. The molecule has 2 aromatic heterocycles. The third-order valence-corrected chi connectivity index (χ3v) is 2.52. The van der Waals surface area contributed by atoms with Gasteiger partial charge in [0.15, 0.2) is 0 Å². The van der Waals surface area contributed by atoms with Crippen LogP contribution in [0.5, 0.6) is 0 Å². The summed E-state index contributed by atoms with van der Waals surface area (Å²) in [5.74, 6) is 0.349. The number of esters is 1. The van der Waals surface area contributed by atoms with E-state index in [1.54, 1.807) is 25.1 Å². The van der Waals surface area contributed by atoms with Crippen molar-refractivity contribution >= 4 is 5.97 Å². The molecule has 0 saturated heterocycles. The van der Waals surface area contributed by atoms with Crippen LogP contribution in [-0.4, -0.2) is 27.8 Å². The first-order chi connectivity index (χ1) is 9.41. The first kappa shape index (κ1) is 14.2. The van der Waals surface area contributed by atoms with Gasteiger partial charge in [-0.3, -0.25) is 0 Å². The molecule has 2 heterocycles. The molecule has 0 aliphatic heterocycles. The minimum atomic E-state index is -0.468. The van der Waals surface area contributed by atoms with Gasteiger partial charge < -0.3 is 9.15 Å². The Morgan fingerprint density at radius 2 is 2.05 bits per heavy atom. The fourth-order valence-electron chi connectivity index (χ4n) is 1.50. The topological polar surface area (TPSA) is 78.1 Å². The Bertz CT molecular complexity index is 614. The Hall–Kier alpha value is -2.24. The van der Waals surface area contributed by atoms with Crippen molar-refractivity contribution in [1.29, 1.82) is 0 Å². The molecular weight excluding hydrogens is 258 g/mol. The van der Waals surface area contributed by atoms with Gasteiger partial charge in [0.05, 0.1) is 6.61 Å². The first-order valence-corrected chi connectivity index (χ1v) is 6.40. The normalized spacial score (nSPS) is 11.4. The predicted molar refractivity (Wildman–Crippen MR) is 72.2 cm³/mol. The highest BCUT2D eigenvalue weighted by Gasteiger charge is 2.22. The minimum Gasteiger partial charge on any atom is -0.461 e. The van der Waals surface area contributed by atoms with Crippen LogP contribution in [0.1, 0.15) is 44.1 Å². The van der Waals surface area contributed by atoms with Crippen LogP contribution in [0.4, 0.5) is 0 Å². The summed E-state index contributed by atoms with van der Waals surface area (Å²) in [5.41, 5.74) is 0.447. The molecule has 6 nitrogen and oxygen atoms in total. The quantitative estimate of drug-likeness (QED) is 0.801. The molecule has 0 spiro atoms. The van der Waals surface area contributed by atoms with Crippen molar-refractivity contribution in [2.45, 2.75) is 33.1 Å². The molecule has 0 aliphatic carbocycles. The summed E-state index contributed by atoms with van der Waals surface area (Å²) in [4.78, 5) is 15.8. The monoisotopic (exact) mass is 275 g/mol. The molecule has 0 atom stereocenters. The van der Waals surface area contributed by atoms with E-state index in [9.17, 15) is 4.79 Å². The smallest absolute Gasteiger partial charge is 0.356 e. The highest BCUT2D eigenvalue weighted by Crippen LogP contribution is 2.24. The zero-order valence-electron chi connectivity index (χ0n) is 12.0. The Morgan fingerprint density at radius 3 is 2.65 bits per heavy atom. The summed E-state index contributed by atoms with van der Waals surface area (Å²) in [5, 5.41) is 7.97. The lowest BCUT2D eigenvalue weighted by atomic mass is 9.97. The molecule has 20 heavy (non-hydrogen) atoms. The van der Waals surface area contributed by atoms with Crippen LogP contribution in [0, 0.1) is 0 Å². The third-order valence-electron chi connectivity index (χ3n) is 2.52. The number of carbonyl (C=O) groups is 1. The number of pyridine rings is 1. The fraction of sp³-hybridized carbons (Fsp3) is 0.429. The van der Waals surface area contributed by atoms with Crippen molar-refractivity contribution in [2.24, 2.45) is 0 Å². The average Bonchev–Trinajstić information content (AvgIpc) is 2.89. The first-order valence-electron chi connectivity index (χ1n) is 6.40. The SMILES string of the molecule is CCOC(=O)c1cccc(-c2nnc(C(C)(C)C)o2)n1. The second-order valence-corrected chi connectivity index (χ2v) is 5.29. The molecule has 6 heteroatoms. The Kier molecular flexibility index (Phi) is 3.83. The van der Waals surface area contributed by atoms with E-state index >= 15 is 0 Å². The highest BCUT2D eigenvalue weighted by atomic mass is 16.5. The lowest BCUT2D eigenvalue weighted by molar-refractivity contribution is 0.0519. The van der Waals surface area contributed by atoms with Gasteiger partial charge in [-0.05, 0) is 19.1 Å². The maximum Gasteiger partial charge on any atom is 0.356 e. The number of nitrogens with zero attached hydrogens (tertiary/aromatic N) is 3. The summed E-state index contributed by atoms with van der Waals surface area (Å²) >= 11 is 0. The molecular formula is C14H17N3O3. The second kappa shape index (κ2) is 5.40. The summed E-state index contributed by atoms with van der Waals surface area (Å²) < 4.78 is 10.5. The van der Waals surface area contributed by atoms with E-state index < -0.39 is 5.97 Å². The van der Waals surface area contributed by atoms with Gasteiger partial charge in [-0.25, -0.2) is 9.78 Å². The fourth-order valence-corrected chi connectivity index (χ4v) is 1.50. The van der Waals surface area contributed by atoms with E-state index in [2.05, 4.69) is 15.2 Å². The summed E-state index contributed by atoms with van der Waals surface area (Å²) in [6.45, 7) is 7.99. The summed E-state index contributed by atoms with van der Waals surface area (Å²) in [6, 6.07) is 5.00. The van der Waals surface area contributed by atoms with Crippen molar-refractivity contribution in [3.8, 4) is 11.6 Å². The zero-order chi connectivity index (χ0) is 14.8. The van der Waals surface area contributed by atoms with E-state index in [4.69, 9.17) is 9.15 Å². The van der Waals surface area contributed by atoms with E-state index in [-0.39, 0.29) is 11.1 Å². The molecule has 2 aromatic rings. The van der Waals surface area contributed by atoms with Crippen LogP contribution in [-0.2, 0) is 10.2 Å². The maximum atomic E-state index is 11.6. The number of carbonyl (C=O) groups excluding carboxylic acids is 1. The third kappa shape index (κ3) is 3.01. The minimum absolute atomic E-state index is 0.222. The number of hydrogen-bond acceptors (Lipinski definition) is 6.